The lowest BCUT2D eigenvalue weighted by molar-refractivity contribution is 0.218. The summed E-state index contributed by atoms with van der Waals surface area (Å²) >= 11 is 1.46. The van der Waals surface area contributed by atoms with E-state index in [0.717, 1.165) is 11.3 Å². The monoisotopic (exact) mass is 296 g/mol. The average molecular weight is 296 g/mol. The molecule has 0 saturated carbocycles. The number of hydrogen-bond acceptors (Lipinski definition) is 7. The second-order valence-corrected chi connectivity index (χ2v) is 4.83. The Morgan fingerprint density at radius 2 is 1.90 bits per heavy atom. The minimum Gasteiger partial charge on any atom is -0.493 e. The first-order valence-electron chi connectivity index (χ1n) is 5.96. The predicted octanol–water partition coefficient (Wildman–Crippen LogP) is 2.49. The summed E-state index contributed by atoms with van der Waals surface area (Å²) in [4.78, 5) is 0. The van der Waals surface area contributed by atoms with Crippen LogP contribution in [-0.2, 0) is 4.74 Å². The maximum absolute atomic E-state index is 5.58. The fraction of sp³-hybridized carbons (Fsp3) is 0.385. The Kier molecular flexibility index (Phi) is 5.25. The third-order valence-electron chi connectivity index (χ3n) is 2.55. The molecule has 0 fully saturated rings. The Morgan fingerprint density at radius 1 is 1.10 bits per heavy atom. The van der Waals surface area contributed by atoms with Crippen molar-refractivity contribution in [2.45, 2.75) is 5.22 Å². The van der Waals surface area contributed by atoms with Crippen molar-refractivity contribution in [2.75, 3.05) is 33.7 Å². The smallest absolute Gasteiger partial charge is 0.276 e. The Morgan fingerprint density at radius 3 is 2.60 bits per heavy atom. The Balaban J connectivity index is 2.15. The first-order valence-corrected chi connectivity index (χ1v) is 6.94. The van der Waals surface area contributed by atoms with Gasteiger partial charge in [-0.1, -0.05) is 11.8 Å². The summed E-state index contributed by atoms with van der Waals surface area (Å²) in [6, 6.07) is 5.45. The van der Waals surface area contributed by atoms with Crippen LogP contribution in [0.4, 0.5) is 0 Å². The molecule has 7 heteroatoms. The van der Waals surface area contributed by atoms with Gasteiger partial charge in [-0.3, -0.25) is 0 Å². The molecular formula is C13H16N2O4S. The summed E-state index contributed by atoms with van der Waals surface area (Å²) in [5.74, 6) is 2.50. The van der Waals surface area contributed by atoms with Gasteiger partial charge >= 0.3 is 0 Å². The summed E-state index contributed by atoms with van der Waals surface area (Å²) in [6.45, 7) is 0.638. The zero-order chi connectivity index (χ0) is 14.4. The van der Waals surface area contributed by atoms with Crippen molar-refractivity contribution in [2.24, 2.45) is 0 Å². The molecule has 0 aliphatic carbocycles. The summed E-state index contributed by atoms with van der Waals surface area (Å²) < 4.78 is 21.0. The molecule has 0 aliphatic heterocycles. The Hall–Kier alpha value is -1.73. The number of nitrogens with zero attached hydrogens (tertiary/aromatic N) is 2. The molecule has 1 aromatic carbocycles. The van der Waals surface area contributed by atoms with E-state index >= 15 is 0 Å². The predicted molar refractivity (Wildman–Crippen MR) is 75.4 cm³/mol. The van der Waals surface area contributed by atoms with Gasteiger partial charge in [-0.25, -0.2) is 0 Å². The van der Waals surface area contributed by atoms with Gasteiger partial charge < -0.3 is 18.6 Å². The molecule has 108 valence electrons. The van der Waals surface area contributed by atoms with Crippen molar-refractivity contribution in [3.63, 3.8) is 0 Å². The summed E-state index contributed by atoms with van der Waals surface area (Å²) in [5.41, 5.74) is 0.786. The van der Waals surface area contributed by atoms with Crippen LogP contribution < -0.4 is 9.47 Å². The van der Waals surface area contributed by atoms with Crippen LogP contribution >= 0.6 is 11.8 Å². The van der Waals surface area contributed by atoms with E-state index in [1.165, 1.54) is 11.8 Å². The van der Waals surface area contributed by atoms with E-state index in [1.807, 2.05) is 6.07 Å². The molecule has 0 amide bonds. The van der Waals surface area contributed by atoms with Crippen LogP contribution in [0.2, 0.25) is 0 Å². The van der Waals surface area contributed by atoms with Crippen molar-refractivity contribution in [3.05, 3.63) is 18.2 Å². The van der Waals surface area contributed by atoms with E-state index in [4.69, 9.17) is 18.6 Å². The molecule has 2 rings (SSSR count). The molecule has 0 bridgehead atoms. The van der Waals surface area contributed by atoms with Gasteiger partial charge in [-0.2, -0.15) is 0 Å². The highest BCUT2D eigenvalue weighted by atomic mass is 32.2. The molecule has 0 N–H and O–H groups in total. The minimum atomic E-state index is 0.450. The fourth-order valence-electron chi connectivity index (χ4n) is 1.57. The first-order chi connectivity index (χ1) is 9.78. The second-order valence-electron chi connectivity index (χ2n) is 3.78. The van der Waals surface area contributed by atoms with E-state index in [1.54, 1.807) is 33.5 Å². The van der Waals surface area contributed by atoms with Gasteiger partial charge in [0.2, 0.25) is 5.89 Å². The van der Waals surface area contributed by atoms with Crippen molar-refractivity contribution in [1.29, 1.82) is 0 Å². The number of ether oxygens (including phenoxy) is 3. The minimum absolute atomic E-state index is 0.450. The van der Waals surface area contributed by atoms with Crippen LogP contribution in [-0.4, -0.2) is 43.9 Å². The van der Waals surface area contributed by atoms with Crippen molar-refractivity contribution in [1.82, 2.24) is 10.2 Å². The van der Waals surface area contributed by atoms with Crippen LogP contribution in [0.25, 0.3) is 11.5 Å². The standard InChI is InChI=1S/C13H16N2O4S/c1-16-6-7-20-13-15-14-12(19-13)9-4-5-10(17-2)11(8-9)18-3/h4-5,8H,6-7H2,1-3H3. The van der Waals surface area contributed by atoms with Crippen LogP contribution in [0.5, 0.6) is 11.5 Å². The molecule has 1 heterocycles. The molecule has 6 nitrogen and oxygen atoms in total. The maximum atomic E-state index is 5.58. The lowest BCUT2D eigenvalue weighted by atomic mass is 10.2. The van der Waals surface area contributed by atoms with E-state index in [2.05, 4.69) is 10.2 Å². The average Bonchev–Trinajstić information content (AvgIpc) is 2.95. The Bertz CT molecular complexity index is 559. The number of hydrogen-bond donors (Lipinski definition) is 0. The highest BCUT2D eigenvalue weighted by Crippen LogP contribution is 2.32. The number of aromatic nitrogens is 2. The van der Waals surface area contributed by atoms with Crippen LogP contribution in [0.1, 0.15) is 0 Å². The van der Waals surface area contributed by atoms with E-state index in [-0.39, 0.29) is 0 Å². The largest absolute Gasteiger partial charge is 0.493 e. The molecule has 0 unspecified atom stereocenters. The molecule has 0 saturated heterocycles. The number of rotatable bonds is 7. The first kappa shape index (κ1) is 14.7. The molecule has 20 heavy (non-hydrogen) atoms. The fourth-order valence-corrected chi connectivity index (χ4v) is 2.23. The zero-order valence-electron chi connectivity index (χ0n) is 11.6. The van der Waals surface area contributed by atoms with Gasteiger partial charge in [0.15, 0.2) is 11.5 Å². The van der Waals surface area contributed by atoms with Crippen LogP contribution in [0, 0.1) is 0 Å². The molecule has 0 atom stereocenters. The highest BCUT2D eigenvalue weighted by Gasteiger charge is 2.12. The molecule has 1 aromatic heterocycles. The molecular weight excluding hydrogens is 280 g/mol. The maximum Gasteiger partial charge on any atom is 0.276 e. The quantitative estimate of drug-likeness (QED) is 0.574. The summed E-state index contributed by atoms with van der Waals surface area (Å²) in [6.07, 6.45) is 0. The third kappa shape index (κ3) is 3.43. The lowest BCUT2D eigenvalue weighted by Gasteiger charge is -2.07. The molecule has 2 aromatic rings. The molecule has 0 spiro atoms. The lowest BCUT2D eigenvalue weighted by Crippen LogP contribution is -1.90. The van der Waals surface area contributed by atoms with Crippen LogP contribution in [0.15, 0.2) is 27.8 Å². The van der Waals surface area contributed by atoms with Crippen molar-refractivity contribution in [3.8, 4) is 23.0 Å². The van der Waals surface area contributed by atoms with Gasteiger partial charge in [0.05, 0.1) is 20.8 Å². The number of benzene rings is 1. The van der Waals surface area contributed by atoms with Crippen molar-refractivity contribution >= 4 is 11.8 Å². The van der Waals surface area contributed by atoms with Gasteiger partial charge in [0.1, 0.15) is 0 Å². The highest BCUT2D eigenvalue weighted by molar-refractivity contribution is 7.99. The van der Waals surface area contributed by atoms with E-state index in [9.17, 15) is 0 Å². The summed E-state index contributed by atoms with van der Waals surface area (Å²) in [5, 5.41) is 8.52. The zero-order valence-corrected chi connectivity index (χ0v) is 12.4. The number of thioether (sulfide) groups is 1. The number of methoxy groups -OCH3 is 3. The van der Waals surface area contributed by atoms with E-state index < -0.39 is 0 Å². The summed E-state index contributed by atoms with van der Waals surface area (Å²) in [7, 11) is 4.83. The molecule has 0 radical (unpaired) electrons. The van der Waals surface area contributed by atoms with Gasteiger partial charge in [-0.15, -0.1) is 10.2 Å². The normalized spacial score (nSPS) is 10.6. The third-order valence-corrected chi connectivity index (χ3v) is 3.33. The van der Waals surface area contributed by atoms with Gasteiger partial charge in [0, 0.05) is 18.4 Å². The van der Waals surface area contributed by atoms with Crippen LogP contribution in [0.3, 0.4) is 0 Å². The van der Waals surface area contributed by atoms with Gasteiger partial charge in [0.25, 0.3) is 5.22 Å². The second kappa shape index (κ2) is 7.16. The van der Waals surface area contributed by atoms with E-state index in [0.29, 0.717) is 29.2 Å². The van der Waals surface area contributed by atoms with Gasteiger partial charge in [-0.05, 0) is 18.2 Å². The SMILES string of the molecule is COCCSc1nnc(-c2ccc(OC)c(OC)c2)o1. The topological polar surface area (TPSA) is 66.6 Å². The van der Waals surface area contributed by atoms with Crippen molar-refractivity contribution < 1.29 is 18.6 Å². The molecule has 0 aliphatic rings. The Labute approximate surface area is 121 Å².